The van der Waals surface area contributed by atoms with Gasteiger partial charge in [0, 0.05) is 18.8 Å². The van der Waals surface area contributed by atoms with Crippen LogP contribution >= 0.6 is 0 Å². The molecule has 0 bridgehead atoms. The average Bonchev–Trinajstić information content (AvgIpc) is 3.22. The second kappa shape index (κ2) is 8.44. The number of para-hydroxylation sites is 1. The molecule has 1 amide bonds. The molecule has 0 spiro atoms. The van der Waals surface area contributed by atoms with Crippen molar-refractivity contribution in [2.75, 3.05) is 13.2 Å². The third-order valence-electron chi connectivity index (χ3n) is 4.26. The van der Waals surface area contributed by atoms with E-state index in [-0.39, 0.29) is 11.9 Å². The molecule has 140 valence electrons. The molecule has 0 aliphatic carbocycles. The zero-order valence-corrected chi connectivity index (χ0v) is 15.7. The Labute approximate surface area is 158 Å². The van der Waals surface area contributed by atoms with Gasteiger partial charge in [-0.3, -0.25) is 4.79 Å². The van der Waals surface area contributed by atoms with E-state index in [4.69, 9.17) is 4.74 Å². The summed E-state index contributed by atoms with van der Waals surface area (Å²) in [5.74, 6) is 0.468. The number of rotatable bonds is 7. The molecule has 3 rings (SSSR count). The predicted molar refractivity (Wildman–Crippen MR) is 102 cm³/mol. The Balaban J connectivity index is 1.75. The minimum atomic E-state index is -0.121. The Morgan fingerprint density at radius 2 is 1.93 bits per heavy atom. The molecule has 7 nitrogen and oxygen atoms in total. The monoisotopic (exact) mass is 365 g/mol. The highest BCUT2D eigenvalue weighted by molar-refractivity contribution is 5.97. The van der Waals surface area contributed by atoms with E-state index in [1.807, 2.05) is 51.1 Å². The molecule has 0 N–H and O–H groups in total. The lowest BCUT2D eigenvalue weighted by Crippen LogP contribution is -2.42. The molecule has 2 heterocycles. The third-order valence-corrected chi connectivity index (χ3v) is 4.26. The lowest BCUT2D eigenvalue weighted by atomic mass is 10.1. The normalized spacial score (nSPS) is 11.8. The molecule has 1 aromatic carbocycles. The molecule has 7 heteroatoms. The minimum absolute atomic E-state index is 0.0848. The number of aryl methyl sites for hydroxylation is 1. The van der Waals surface area contributed by atoms with E-state index in [0.717, 1.165) is 5.56 Å². The van der Waals surface area contributed by atoms with Crippen LogP contribution in [0.25, 0.3) is 5.69 Å². The zero-order chi connectivity index (χ0) is 19.2. The van der Waals surface area contributed by atoms with Crippen molar-refractivity contribution in [3.8, 4) is 11.6 Å². The summed E-state index contributed by atoms with van der Waals surface area (Å²) in [4.78, 5) is 20.6. The minimum Gasteiger partial charge on any atom is -0.475 e. The van der Waals surface area contributed by atoms with Gasteiger partial charge in [0.15, 0.2) is 0 Å². The maximum Gasteiger partial charge on any atom is 0.256 e. The summed E-state index contributed by atoms with van der Waals surface area (Å²) in [6.07, 6.45) is 4.93. The van der Waals surface area contributed by atoms with E-state index < -0.39 is 0 Å². The first-order valence-electron chi connectivity index (χ1n) is 8.92. The van der Waals surface area contributed by atoms with Gasteiger partial charge in [-0.15, -0.1) is 0 Å². The summed E-state index contributed by atoms with van der Waals surface area (Å²) < 4.78 is 5.76. The summed E-state index contributed by atoms with van der Waals surface area (Å²) in [6, 6.07) is 11.0. The summed E-state index contributed by atoms with van der Waals surface area (Å²) in [5, 5.41) is 8.29. The van der Waals surface area contributed by atoms with Gasteiger partial charge in [-0.1, -0.05) is 18.2 Å². The summed E-state index contributed by atoms with van der Waals surface area (Å²) in [6.45, 7) is 6.81. The maximum absolute atomic E-state index is 13.2. The quantitative estimate of drug-likeness (QED) is 0.644. The molecule has 0 aliphatic heterocycles. The van der Waals surface area contributed by atoms with Crippen molar-refractivity contribution in [2.24, 2.45) is 0 Å². The number of aromatic nitrogens is 4. The van der Waals surface area contributed by atoms with E-state index >= 15 is 0 Å². The Hall–Kier alpha value is -3.22. The molecule has 0 saturated carbocycles. The van der Waals surface area contributed by atoms with Crippen LogP contribution in [0, 0.1) is 6.92 Å². The van der Waals surface area contributed by atoms with Crippen LogP contribution in [0.5, 0.6) is 5.88 Å². The molecule has 2 aromatic heterocycles. The number of carbonyl (C=O) groups excluding carboxylic acids is 1. The lowest BCUT2D eigenvalue weighted by molar-refractivity contribution is 0.0646. The SMILES string of the molecule is CCN(C(=O)c1ccccc1-n1nccn1)[C@@H](C)COc1ccc(C)cn1. The van der Waals surface area contributed by atoms with Gasteiger partial charge in [0.1, 0.15) is 6.61 Å². The van der Waals surface area contributed by atoms with Gasteiger partial charge in [-0.25, -0.2) is 4.98 Å². The van der Waals surface area contributed by atoms with E-state index in [2.05, 4.69) is 15.2 Å². The summed E-state index contributed by atoms with van der Waals surface area (Å²) in [5.41, 5.74) is 2.28. The van der Waals surface area contributed by atoms with Crippen LogP contribution in [0.3, 0.4) is 0 Å². The molecule has 1 atom stereocenters. The zero-order valence-electron chi connectivity index (χ0n) is 15.7. The van der Waals surface area contributed by atoms with Crippen LogP contribution < -0.4 is 4.74 Å². The van der Waals surface area contributed by atoms with Gasteiger partial charge < -0.3 is 9.64 Å². The number of hydrogen-bond donors (Lipinski definition) is 0. The first kappa shape index (κ1) is 18.6. The van der Waals surface area contributed by atoms with Crippen LogP contribution in [-0.2, 0) is 0 Å². The molecular formula is C20H23N5O2. The smallest absolute Gasteiger partial charge is 0.256 e. The lowest BCUT2D eigenvalue weighted by Gasteiger charge is -2.28. The van der Waals surface area contributed by atoms with E-state index in [0.29, 0.717) is 30.3 Å². The van der Waals surface area contributed by atoms with Gasteiger partial charge >= 0.3 is 0 Å². The number of pyridine rings is 1. The number of hydrogen-bond acceptors (Lipinski definition) is 5. The Morgan fingerprint density at radius 1 is 1.19 bits per heavy atom. The molecule has 27 heavy (non-hydrogen) atoms. The number of benzene rings is 1. The van der Waals surface area contributed by atoms with Crippen molar-refractivity contribution < 1.29 is 9.53 Å². The van der Waals surface area contributed by atoms with Crippen LogP contribution in [0.4, 0.5) is 0 Å². The fraction of sp³-hybridized carbons (Fsp3) is 0.300. The molecular weight excluding hydrogens is 342 g/mol. The van der Waals surface area contributed by atoms with E-state index in [1.165, 1.54) is 4.80 Å². The van der Waals surface area contributed by atoms with Gasteiger partial charge in [-0.05, 0) is 38.5 Å². The molecule has 0 aliphatic rings. The molecule has 0 unspecified atom stereocenters. The predicted octanol–water partition coefficient (Wildman–Crippen LogP) is 2.90. The van der Waals surface area contributed by atoms with Crippen molar-refractivity contribution in [1.29, 1.82) is 0 Å². The molecule has 0 fully saturated rings. The largest absolute Gasteiger partial charge is 0.475 e. The molecule has 3 aromatic rings. The van der Waals surface area contributed by atoms with Gasteiger partial charge in [0.2, 0.25) is 5.88 Å². The Bertz CT molecular complexity index is 878. The number of nitrogens with zero attached hydrogens (tertiary/aromatic N) is 5. The van der Waals surface area contributed by atoms with Crippen molar-refractivity contribution in [1.82, 2.24) is 24.9 Å². The van der Waals surface area contributed by atoms with Crippen molar-refractivity contribution in [3.63, 3.8) is 0 Å². The van der Waals surface area contributed by atoms with E-state index in [9.17, 15) is 4.79 Å². The molecule has 0 saturated heterocycles. The number of carbonyl (C=O) groups is 1. The van der Waals surface area contributed by atoms with Crippen LogP contribution in [-0.4, -0.2) is 50.0 Å². The highest BCUT2D eigenvalue weighted by Gasteiger charge is 2.23. The number of likely N-dealkylation sites (N-methyl/N-ethyl adjacent to an activating group) is 1. The van der Waals surface area contributed by atoms with Crippen molar-refractivity contribution in [2.45, 2.75) is 26.8 Å². The average molecular weight is 365 g/mol. The topological polar surface area (TPSA) is 73.1 Å². The fourth-order valence-electron chi connectivity index (χ4n) is 2.81. The van der Waals surface area contributed by atoms with Crippen LogP contribution in [0.15, 0.2) is 55.0 Å². The number of amides is 1. The van der Waals surface area contributed by atoms with Crippen molar-refractivity contribution >= 4 is 5.91 Å². The van der Waals surface area contributed by atoms with Gasteiger partial charge in [-0.2, -0.15) is 15.0 Å². The first-order chi connectivity index (χ1) is 13.1. The third kappa shape index (κ3) is 4.31. The van der Waals surface area contributed by atoms with E-state index in [1.54, 1.807) is 29.6 Å². The standard InChI is InChI=1S/C20H23N5O2/c1-4-24(16(3)14-27-19-10-9-15(2)13-21-19)20(26)17-7-5-6-8-18(17)25-22-11-12-23-25/h5-13,16H,4,14H2,1-3H3/t16-/m0/s1. The Kier molecular flexibility index (Phi) is 5.80. The Morgan fingerprint density at radius 3 is 2.59 bits per heavy atom. The highest BCUT2D eigenvalue weighted by Crippen LogP contribution is 2.17. The second-order valence-corrected chi connectivity index (χ2v) is 6.26. The van der Waals surface area contributed by atoms with Crippen molar-refractivity contribution in [3.05, 3.63) is 66.1 Å². The summed E-state index contributed by atoms with van der Waals surface area (Å²) in [7, 11) is 0. The first-order valence-corrected chi connectivity index (χ1v) is 8.92. The van der Waals surface area contributed by atoms with Crippen LogP contribution in [0.1, 0.15) is 29.8 Å². The maximum atomic E-state index is 13.2. The van der Waals surface area contributed by atoms with Gasteiger partial charge in [0.05, 0.1) is 29.7 Å². The fourth-order valence-corrected chi connectivity index (χ4v) is 2.81. The highest BCUT2D eigenvalue weighted by atomic mass is 16.5. The number of ether oxygens (including phenoxy) is 1. The van der Waals surface area contributed by atoms with Crippen LogP contribution in [0.2, 0.25) is 0 Å². The second-order valence-electron chi connectivity index (χ2n) is 6.26. The molecule has 0 radical (unpaired) electrons. The summed E-state index contributed by atoms with van der Waals surface area (Å²) >= 11 is 0. The van der Waals surface area contributed by atoms with Gasteiger partial charge in [0.25, 0.3) is 5.91 Å².